The van der Waals surface area contributed by atoms with Gasteiger partial charge in [-0.1, -0.05) is 13.3 Å². The Labute approximate surface area is 87.2 Å². The second-order valence-electron chi connectivity index (χ2n) is 2.77. The molecule has 0 fully saturated rings. The third-order valence-electron chi connectivity index (χ3n) is 1.77. The van der Waals surface area contributed by atoms with Crippen LogP contribution in [-0.2, 0) is 6.42 Å². The van der Waals surface area contributed by atoms with E-state index in [0.29, 0.717) is 21.8 Å². The summed E-state index contributed by atoms with van der Waals surface area (Å²) in [7, 11) is 0. The molecule has 0 N–H and O–H groups in total. The van der Waals surface area contributed by atoms with Gasteiger partial charge in [0.2, 0.25) is 0 Å². The van der Waals surface area contributed by atoms with Crippen molar-refractivity contribution < 1.29 is 8.78 Å². The number of rotatable bonds is 2. The van der Waals surface area contributed by atoms with Crippen molar-refractivity contribution in [3.8, 4) is 0 Å². The van der Waals surface area contributed by atoms with E-state index in [2.05, 4.69) is 25.3 Å². The zero-order valence-electron chi connectivity index (χ0n) is 7.14. The molecule has 0 saturated carbocycles. The second kappa shape index (κ2) is 4.33. The zero-order chi connectivity index (χ0) is 10.0. The van der Waals surface area contributed by atoms with E-state index in [0.717, 1.165) is 12.5 Å². The van der Waals surface area contributed by atoms with Crippen LogP contribution in [0.15, 0.2) is 15.9 Å². The monoisotopic (exact) mass is 220 g/mol. The Morgan fingerprint density at radius 1 is 1.31 bits per heavy atom. The molecular formula is C9H10F2S2. The SMILES string of the molecule is CCCc1c(F)c(F)cc(S)c1S. The highest BCUT2D eigenvalue weighted by Gasteiger charge is 2.13. The number of hydrogen-bond acceptors (Lipinski definition) is 2. The summed E-state index contributed by atoms with van der Waals surface area (Å²) in [6.07, 6.45) is 1.23. The van der Waals surface area contributed by atoms with E-state index in [9.17, 15) is 8.78 Å². The van der Waals surface area contributed by atoms with Gasteiger partial charge in [-0.15, -0.1) is 25.3 Å². The highest BCUT2D eigenvalue weighted by Crippen LogP contribution is 2.28. The average molecular weight is 220 g/mol. The van der Waals surface area contributed by atoms with E-state index >= 15 is 0 Å². The van der Waals surface area contributed by atoms with Crippen LogP contribution in [0.4, 0.5) is 8.78 Å². The predicted molar refractivity (Wildman–Crippen MR) is 54.9 cm³/mol. The number of benzene rings is 1. The van der Waals surface area contributed by atoms with E-state index in [1.807, 2.05) is 6.92 Å². The molecule has 0 bridgehead atoms. The largest absolute Gasteiger partial charge is 0.204 e. The molecule has 0 saturated heterocycles. The van der Waals surface area contributed by atoms with Gasteiger partial charge in [-0.05, 0) is 12.5 Å². The third-order valence-corrected chi connectivity index (χ3v) is 2.81. The first-order valence-corrected chi connectivity index (χ1v) is 4.86. The fourth-order valence-electron chi connectivity index (χ4n) is 1.13. The van der Waals surface area contributed by atoms with Crippen LogP contribution in [0.5, 0.6) is 0 Å². The zero-order valence-corrected chi connectivity index (χ0v) is 8.93. The molecule has 72 valence electrons. The lowest BCUT2D eigenvalue weighted by Gasteiger charge is -2.08. The maximum absolute atomic E-state index is 13.2. The molecular weight excluding hydrogens is 210 g/mol. The Hall–Kier alpha value is -0.220. The average Bonchev–Trinajstić information content (AvgIpc) is 2.09. The van der Waals surface area contributed by atoms with Crippen molar-refractivity contribution in [2.75, 3.05) is 0 Å². The maximum Gasteiger partial charge on any atom is 0.163 e. The normalized spacial score (nSPS) is 10.5. The Kier molecular flexibility index (Phi) is 3.62. The van der Waals surface area contributed by atoms with E-state index in [1.165, 1.54) is 0 Å². The smallest absolute Gasteiger partial charge is 0.163 e. The number of halogens is 2. The summed E-state index contributed by atoms with van der Waals surface area (Å²) >= 11 is 8.07. The van der Waals surface area contributed by atoms with Crippen LogP contribution in [0.25, 0.3) is 0 Å². The molecule has 0 heterocycles. The summed E-state index contributed by atoms with van der Waals surface area (Å²) in [6, 6.07) is 1.04. The van der Waals surface area contributed by atoms with Gasteiger partial charge < -0.3 is 0 Å². The molecule has 0 aliphatic carbocycles. The van der Waals surface area contributed by atoms with Gasteiger partial charge in [0, 0.05) is 15.4 Å². The second-order valence-corrected chi connectivity index (χ2v) is 3.70. The van der Waals surface area contributed by atoms with Crippen LogP contribution in [0.2, 0.25) is 0 Å². The van der Waals surface area contributed by atoms with Crippen LogP contribution < -0.4 is 0 Å². The van der Waals surface area contributed by atoms with Crippen LogP contribution >= 0.6 is 25.3 Å². The molecule has 0 radical (unpaired) electrons. The van der Waals surface area contributed by atoms with Gasteiger partial charge in [-0.3, -0.25) is 0 Å². The Morgan fingerprint density at radius 3 is 2.46 bits per heavy atom. The molecule has 0 atom stereocenters. The van der Waals surface area contributed by atoms with E-state index < -0.39 is 11.6 Å². The lowest BCUT2D eigenvalue weighted by atomic mass is 10.1. The minimum atomic E-state index is -0.855. The molecule has 1 aromatic carbocycles. The van der Waals surface area contributed by atoms with Gasteiger partial charge in [-0.2, -0.15) is 0 Å². The van der Waals surface area contributed by atoms with Gasteiger partial charge in [0.25, 0.3) is 0 Å². The van der Waals surface area contributed by atoms with Gasteiger partial charge in [0.15, 0.2) is 11.6 Å². The molecule has 4 heteroatoms. The number of hydrogen-bond donors (Lipinski definition) is 2. The third kappa shape index (κ3) is 2.17. The molecule has 1 aromatic rings. The maximum atomic E-state index is 13.2. The molecule has 0 spiro atoms. The quantitative estimate of drug-likeness (QED) is 0.700. The van der Waals surface area contributed by atoms with Gasteiger partial charge >= 0.3 is 0 Å². The standard InChI is InChI=1S/C9H10F2S2/c1-2-3-5-8(11)6(10)4-7(12)9(5)13/h4,12-13H,2-3H2,1H3. The van der Waals surface area contributed by atoms with E-state index in [-0.39, 0.29) is 0 Å². The summed E-state index contributed by atoms with van der Waals surface area (Å²) in [5, 5.41) is 0. The summed E-state index contributed by atoms with van der Waals surface area (Å²) in [4.78, 5) is 0.815. The molecule has 0 nitrogen and oxygen atoms in total. The van der Waals surface area contributed by atoms with Crippen LogP contribution in [0.3, 0.4) is 0 Å². The lowest BCUT2D eigenvalue weighted by molar-refractivity contribution is 0.489. The fraction of sp³-hybridized carbons (Fsp3) is 0.333. The molecule has 0 aliphatic rings. The van der Waals surface area contributed by atoms with Gasteiger partial charge in [0.05, 0.1) is 0 Å². The van der Waals surface area contributed by atoms with Crippen molar-refractivity contribution in [1.29, 1.82) is 0 Å². The first kappa shape index (κ1) is 10.9. The highest BCUT2D eigenvalue weighted by molar-refractivity contribution is 7.83. The van der Waals surface area contributed by atoms with E-state index in [4.69, 9.17) is 0 Å². The molecule has 0 aliphatic heterocycles. The molecule has 0 unspecified atom stereocenters. The first-order valence-electron chi connectivity index (χ1n) is 3.96. The Bertz CT molecular complexity index is 298. The van der Waals surface area contributed by atoms with Crippen molar-refractivity contribution in [2.24, 2.45) is 0 Å². The molecule has 13 heavy (non-hydrogen) atoms. The molecule has 1 rings (SSSR count). The minimum Gasteiger partial charge on any atom is -0.204 e. The lowest BCUT2D eigenvalue weighted by Crippen LogP contribution is -1.97. The summed E-state index contributed by atoms with van der Waals surface area (Å²) in [5.74, 6) is -1.66. The van der Waals surface area contributed by atoms with E-state index in [1.54, 1.807) is 0 Å². The van der Waals surface area contributed by atoms with Crippen molar-refractivity contribution in [3.05, 3.63) is 23.3 Å². The fourth-order valence-corrected chi connectivity index (χ4v) is 1.66. The van der Waals surface area contributed by atoms with Gasteiger partial charge in [0.1, 0.15) is 0 Å². The highest BCUT2D eigenvalue weighted by atomic mass is 32.1. The van der Waals surface area contributed by atoms with Crippen molar-refractivity contribution in [2.45, 2.75) is 29.6 Å². The minimum absolute atomic E-state index is 0.316. The predicted octanol–water partition coefficient (Wildman–Crippen LogP) is 3.49. The summed E-state index contributed by atoms with van der Waals surface area (Å²) < 4.78 is 26.1. The van der Waals surface area contributed by atoms with Gasteiger partial charge in [-0.25, -0.2) is 8.78 Å². The first-order chi connectivity index (χ1) is 6.07. The van der Waals surface area contributed by atoms with Crippen LogP contribution in [-0.4, -0.2) is 0 Å². The van der Waals surface area contributed by atoms with Crippen molar-refractivity contribution in [3.63, 3.8) is 0 Å². The van der Waals surface area contributed by atoms with Crippen molar-refractivity contribution >= 4 is 25.3 Å². The van der Waals surface area contributed by atoms with Crippen LogP contribution in [0.1, 0.15) is 18.9 Å². The van der Waals surface area contributed by atoms with Crippen LogP contribution in [0, 0.1) is 11.6 Å². The topological polar surface area (TPSA) is 0 Å². The number of thiol groups is 2. The molecule has 0 amide bonds. The molecule has 0 aromatic heterocycles. The summed E-state index contributed by atoms with van der Waals surface area (Å²) in [6.45, 7) is 1.90. The van der Waals surface area contributed by atoms with Crippen molar-refractivity contribution in [1.82, 2.24) is 0 Å². The Balaban J connectivity index is 3.28. The Morgan fingerprint density at radius 2 is 1.92 bits per heavy atom. The summed E-state index contributed by atoms with van der Waals surface area (Å²) in [5.41, 5.74) is 0.316.